The zero-order chi connectivity index (χ0) is 19.0. The normalized spacial score (nSPS) is 11.2. The maximum Gasteiger partial charge on any atom is 0.234 e. The van der Waals surface area contributed by atoms with E-state index < -0.39 is 0 Å². The zero-order valence-electron chi connectivity index (χ0n) is 14.7. The first-order chi connectivity index (χ1) is 13.0. The summed E-state index contributed by atoms with van der Waals surface area (Å²) in [5, 5.41) is 9.00. The second-order valence-corrected chi connectivity index (χ2v) is 8.29. The van der Waals surface area contributed by atoms with Crippen LogP contribution in [0.25, 0.3) is 16.6 Å². The van der Waals surface area contributed by atoms with Gasteiger partial charge in [0.25, 0.3) is 0 Å². The lowest BCUT2D eigenvalue weighted by Crippen LogP contribution is -2.15. The highest BCUT2D eigenvalue weighted by atomic mass is 127. The van der Waals surface area contributed by atoms with Crippen molar-refractivity contribution in [2.24, 2.45) is 0 Å². The van der Waals surface area contributed by atoms with Crippen LogP contribution in [0.3, 0.4) is 0 Å². The predicted octanol–water partition coefficient (Wildman–Crippen LogP) is 4.23. The first-order valence-electron chi connectivity index (χ1n) is 8.32. The summed E-state index contributed by atoms with van der Waals surface area (Å²) in [4.78, 5) is 21.6. The number of aryl methyl sites for hydroxylation is 2. The van der Waals surface area contributed by atoms with Gasteiger partial charge in [0.1, 0.15) is 5.82 Å². The van der Waals surface area contributed by atoms with Crippen molar-refractivity contribution in [2.75, 3.05) is 11.1 Å². The predicted molar refractivity (Wildman–Crippen MR) is 116 cm³/mol. The van der Waals surface area contributed by atoms with E-state index in [2.05, 4.69) is 43.0 Å². The monoisotopic (exact) mass is 489 g/mol. The molecule has 6 nitrogen and oxygen atoms in total. The lowest BCUT2D eigenvalue weighted by Gasteiger charge is -2.09. The number of anilines is 1. The molecule has 0 aliphatic rings. The Morgan fingerprint density at radius 3 is 2.81 bits per heavy atom. The molecule has 0 spiro atoms. The number of carbonyl (C=O) groups excluding carboxylic acids is 1. The summed E-state index contributed by atoms with van der Waals surface area (Å²) in [6.07, 6.45) is 0. The van der Waals surface area contributed by atoms with Gasteiger partial charge in [0.15, 0.2) is 10.8 Å². The number of aromatic nitrogens is 4. The van der Waals surface area contributed by atoms with Crippen LogP contribution < -0.4 is 5.32 Å². The lowest BCUT2D eigenvalue weighted by atomic mass is 10.2. The molecule has 27 heavy (non-hydrogen) atoms. The van der Waals surface area contributed by atoms with E-state index in [-0.39, 0.29) is 11.7 Å². The molecule has 4 aromatic rings. The molecule has 8 heteroatoms. The van der Waals surface area contributed by atoms with Crippen LogP contribution in [0.4, 0.5) is 5.69 Å². The molecule has 0 radical (unpaired) electrons. The van der Waals surface area contributed by atoms with Gasteiger partial charge in [-0.3, -0.25) is 4.79 Å². The summed E-state index contributed by atoms with van der Waals surface area (Å²) >= 11 is 3.61. The van der Waals surface area contributed by atoms with Gasteiger partial charge < -0.3 is 5.32 Å². The van der Waals surface area contributed by atoms with Crippen LogP contribution in [0.2, 0.25) is 0 Å². The van der Waals surface area contributed by atoms with Crippen molar-refractivity contribution in [2.45, 2.75) is 19.0 Å². The maximum atomic E-state index is 12.4. The molecule has 0 saturated heterocycles. The molecule has 136 valence electrons. The molecule has 2 aromatic carbocycles. The minimum Gasteiger partial charge on any atom is -0.325 e. The molecular weight excluding hydrogens is 473 g/mol. The summed E-state index contributed by atoms with van der Waals surface area (Å²) in [5.74, 6) is 0.836. The molecule has 4 rings (SSSR count). The summed E-state index contributed by atoms with van der Waals surface area (Å²) < 4.78 is 2.85. The number of para-hydroxylation sites is 1. The molecule has 2 heterocycles. The molecule has 0 atom stereocenters. The van der Waals surface area contributed by atoms with Crippen LogP contribution in [0.15, 0.2) is 47.6 Å². The number of benzene rings is 2. The van der Waals surface area contributed by atoms with Gasteiger partial charge in [0.05, 0.1) is 11.3 Å². The minimum absolute atomic E-state index is 0.0794. The van der Waals surface area contributed by atoms with Crippen molar-refractivity contribution in [1.29, 1.82) is 0 Å². The van der Waals surface area contributed by atoms with Crippen LogP contribution in [0, 0.1) is 17.4 Å². The first kappa shape index (κ1) is 18.2. The number of hydrogen-bond acceptors (Lipinski definition) is 5. The number of hydrogen-bond donors (Lipinski definition) is 1. The Morgan fingerprint density at radius 1 is 1.19 bits per heavy atom. The Kier molecular flexibility index (Phi) is 5.00. The minimum atomic E-state index is -0.0794. The Balaban J connectivity index is 1.58. The van der Waals surface area contributed by atoms with Crippen LogP contribution in [0.5, 0.6) is 0 Å². The summed E-state index contributed by atoms with van der Waals surface area (Å²) in [6, 6.07) is 13.8. The number of nitrogens with zero attached hydrogens (tertiary/aromatic N) is 4. The standard InChI is InChI=1S/C19H16IN5OS/c1-11-9-13(20)7-8-15(11)22-17(26)10-27-19-23-16-6-4-3-5-14(16)18-21-12(2)24-25(18)19/h3-9H,10H2,1-2H3,(H,22,26). The van der Waals surface area contributed by atoms with E-state index in [4.69, 9.17) is 0 Å². The van der Waals surface area contributed by atoms with Crippen molar-refractivity contribution in [3.8, 4) is 0 Å². The lowest BCUT2D eigenvalue weighted by molar-refractivity contribution is -0.113. The first-order valence-corrected chi connectivity index (χ1v) is 10.4. The van der Waals surface area contributed by atoms with Gasteiger partial charge in [-0.25, -0.2) is 9.97 Å². The van der Waals surface area contributed by atoms with E-state index in [1.165, 1.54) is 11.8 Å². The van der Waals surface area contributed by atoms with Crippen molar-refractivity contribution >= 4 is 62.5 Å². The molecule has 1 amide bonds. The smallest absolute Gasteiger partial charge is 0.234 e. The summed E-state index contributed by atoms with van der Waals surface area (Å²) in [5.41, 5.74) is 3.47. The average molecular weight is 489 g/mol. The molecule has 0 saturated carbocycles. The van der Waals surface area contributed by atoms with Gasteiger partial charge in [-0.1, -0.05) is 23.9 Å². The number of thioether (sulfide) groups is 1. The van der Waals surface area contributed by atoms with Gasteiger partial charge in [-0.15, -0.1) is 5.10 Å². The van der Waals surface area contributed by atoms with Gasteiger partial charge >= 0.3 is 0 Å². The Labute approximate surface area is 173 Å². The van der Waals surface area contributed by atoms with Crippen LogP contribution in [0.1, 0.15) is 11.4 Å². The molecule has 0 aliphatic heterocycles. The highest BCUT2D eigenvalue weighted by molar-refractivity contribution is 14.1. The van der Waals surface area contributed by atoms with Gasteiger partial charge in [0, 0.05) is 14.6 Å². The third-order valence-electron chi connectivity index (χ3n) is 4.05. The van der Waals surface area contributed by atoms with Gasteiger partial charge in [-0.05, 0) is 72.3 Å². The topological polar surface area (TPSA) is 72.2 Å². The van der Waals surface area contributed by atoms with Crippen LogP contribution in [-0.2, 0) is 4.79 Å². The number of fused-ring (bicyclic) bond motifs is 3. The highest BCUT2D eigenvalue weighted by Gasteiger charge is 2.14. The Bertz CT molecular complexity index is 1170. The maximum absolute atomic E-state index is 12.4. The molecule has 2 aromatic heterocycles. The number of nitrogens with one attached hydrogen (secondary N) is 1. The van der Waals surface area contributed by atoms with Crippen molar-refractivity contribution < 1.29 is 4.79 Å². The third-order valence-corrected chi connectivity index (χ3v) is 5.65. The summed E-state index contributed by atoms with van der Waals surface area (Å²) in [7, 11) is 0. The van der Waals surface area contributed by atoms with Crippen molar-refractivity contribution in [3.63, 3.8) is 0 Å². The van der Waals surface area contributed by atoms with Crippen LogP contribution >= 0.6 is 34.4 Å². The third kappa shape index (κ3) is 3.77. The number of amides is 1. The fourth-order valence-corrected chi connectivity index (χ4v) is 4.20. The van der Waals surface area contributed by atoms with Crippen molar-refractivity contribution in [1.82, 2.24) is 19.6 Å². The van der Waals surface area contributed by atoms with Gasteiger partial charge in [-0.2, -0.15) is 4.52 Å². The molecule has 0 bridgehead atoms. The van der Waals surface area contributed by atoms with Crippen molar-refractivity contribution in [3.05, 3.63) is 57.4 Å². The van der Waals surface area contributed by atoms with Crippen LogP contribution in [-0.4, -0.2) is 31.2 Å². The molecule has 1 N–H and O–H groups in total. The average Bonchev–Trinajstić information content (AvgIpc) is 3.04. The Hall–Kier alpha value is -2.20. The Morgan fingerprint density at radius 2 is 2.00 bits per heavy atom. The van der Waals surface area contributed by atoms with E-state index in [0.717, 1.165) is 31.4 Å². The van der Waals surface area contributed by atoms with E-state index >= 15 is 0 Å². The fourth-order valence-electron chi connectivity index (χ4n) is 2.81. The molecule has 0 fully saturated rings. The second kappa shape index (κ2) is 7.43. The molecule has 0 aliphatic carbocycles. The second-order valence-electron chi connectivity index (χ2n) is 6.10. The number of carbonyl (C=O) groups is 1. The molecular formula is C19H16IN5OS. The largest absolute Gasteiger partial charge is 0.325 e. The number of halogens is 1. The van der Waals surface area contributed by atoms with E-state index in [0.29, 0.717) is 11.0 Å². The zero-order valence-corrected chi connectivity index (χ0v) is 17.7. The van der Waals surface area contributed by atoms with Gasteiger partial charge in [0.2, 0.25) is 5.91 Å². The van der Waals surface area contributed by atoms with E-state index in [1.54, 1.807) is 4.52 Å². The van der Waals surface area contributed by atoms with E-state index in [1.807, 2.05) is 56.3 Å². The SMILES string of the molecule is Cc1nc2c3ccccc3nc(SCC(=O)Nc3ccc(I)cc3C)n2n1. The van der Waals surface area contributed by atoms with E-state index in [9.17, 15) is 4.79 Å². The fraction of sp³-hybridized carbons (Fsp3) is 0.158. The highest BCUT2D eigenvalue weighted by Crippen LogP contribution is 2.24. The number of rotatable bonds is 4. The molecule has 0 unspecified atom stereocenters. The quantitative estimate of drug-likeness (QED) is 0.264. The summed E-state index contributed by atoms with van der Waals surface area (Å²) in [6.45, 7) is 3.83.